The van der Waals surface area contributed by atoms with Crippen LogP contribution in [0.1, 0.15) is 86.0 Å². The van der Waals surface area contributed by atoms with Crippen molar-refractivity contribution in [2.75, 3.05) is 21.2 Å². The maximum absolute atomic E-state index is 13.1. The van der Waals surface area contributed by atoms with Crippen molar-refractivity contribution in [3.8, 4) is 0 Å². The number of nitrogens with zero attached hydrogens (tertiary/aromatic N) is 2. The van der Waals surface area contributed by atoms with Gasteiger partial charge in [0, 0.05) is 38.7 Å². The Morgan fingerprint density at radius 2 is 1.94 bits per heavy atom. The first-order valence-corrected chi connectivity index (χ1v) is 13.1. The molecule has 0 saturated carbocycles. The fraction of sp³-hybridized carbons (Fsp3) is 0.750. The maximum atomic E-state index is 13.1. The van der Waals surface area contributed by atoms with Crippen LogP contribution in [-0.4, -0.2) is 60.9 Å². The number of hydrogen-bond donors (Lipinski definition) is 0. The first-order chi connectivity index (χ1) is 16.5. The lowest BCUT2D eigenvalue weighted by atomic mass is 9.91. The van der Waals surface area contributed by atoms with Gasteiger partial charge in [-0.25, -0.2) is 4.79 Å². The minimum absolute atomic E-state index is 0.0214. The van der Waals surface area contributed by atoms with E-state index < -0.39 is 6.04 Å². The minimum atomic E-state index is -0.548. The van der Waals surface area contributed by atoms with Gasteiger partial charge in [-0.3, -0.25) is 9.59 Å². The van der Waals surface area contributed by atoms with Gasteiger partial charge < -0.3 is 19.3 Å². The SMILES string of the molecule is CC/C(=C\C(=O)N(C)/C=C\CCC[C@H]1CC[C@H](C)C[C@@H](C)C(=O)N(C)[C@@H](CC(C)C)C(=O)O1)OC. The number of ether oxygens (including phenoxy) is 2. The monoisotopic (exact) mass is 492 g/mol. The van der Waals surface area contributed by atoms with Crippen molar-refractivity contribution in [2.24, 2.45) is 17.8 Å². The normalized spacial score (nSPS) is 24.9. The average Bonchev–Trinajstić information content (AvgIpc) is 2.82. The molecule has 200 valence electrons. The topological polar surface area (TPSA) is 76.2 Å². The summed E-state index contributed by atoms with van der Waals surface area (Å²) in [7, 11) is 5.02. The highest BCUT2D eigenvalue weighted by atomic mass is 16.5. The molecule has 1 heterocycles. The van der Waals surface area contributed by atoms with Gasteiger partial charge in [-0.15, -0.1) is 0 Å². The molecule has 0 radical (unpaired) electrons. The first-order valence-electron chi connectivity index (χ1n) is 13.1. The van der Waals surface area contributed by atoms with Gasteiger partial charge in [-0.05, 0) is 56.8 Å². The largest absolute Gasteiger partial charge is 0.501 e. The van der Waals surface area contributed by atoms with Crippen molar-refractivity contribution in [2.45, 2.75) is 98.1 Å². The Labute approximate surface area is 212 Å². The third kappa shape index (κ3) is 10.9. The molecular formula is C28H48N2O5. The van der Waals surface area contributed by atoms with E-state index in [9.17, 15) is 14.4 Å². The number of carbonyl (C=O) groups is 3. The van der Waals surface area contributed by atoms with Crippen LogP contribution in [0.2, 0.25) is 0 Å². The van der Waals surface area contributed by atoms with Gasteiger partial charge >= 0.3 is 5.97 Å². The van der Waals surface area contributed by atoms with Gasteiger partial charge in [0.1, 0.15) is 17.9 Å². The molecule has 35 heavy (non-hydrogen) atoms. The molecule has 1 aliphatic rings. The second-order valence-electron chi connectivity index (χ2n) is 10.4. The molecule has 0 N–H and O–H groups in total. The van der Waals surface area contributed by atoms with Crippen molar-refractivity contribution in [3.63, 3.8) is 0 Å². The van der Waals surface area contributed by atoms with Crippen LogP contribution in [0.25, 0.3) is 0 Å². The molecule has 1 rings (SSSR count). The number of allylic oxidation sites excluding steroid dienone is 2. The first kappa shape index (κ1) is 30.7. The van der Waals surface area contributed by atoms with Crippen molar-refractivity contribution in [1.29, 1.82) is 0 Å². The van der Waals surface area contributed by atoms with Crippen LogP contribution in [0.3, 0.4) is 0 Å². The third-order valence-corrected chi connectivity index (χ3v) is 6.69. The van der Waals surface area contributed by atoms with E-state index in [1.807, 2.05) is 19.9 Å². The highest BCUT2D eigenvalue weighted by Gasteiger charge is 2.34. The summed E-state index contributed by atoms with van der Waals surface area (Å²) in [4.78, 5) is 41.5. The number of hydrogen-bond acceptors (Lipinski definition) is 5. The van der Waals surface area contributed by atoms with Crippen LogP contribution < -0.4 is 0 Å². The van der Waals surface area contributed by atoms with Crippen LogP contribution in [0, 0.1) is 17.8 Å². The van der Waals surface area contributed by atoms with E-state index >= 15 is 0 Å². The Morgan fingerprint density at radius 1 is 1.26 bits per heavy atom. The lowest BCUT2D eigenvalue weighted by molar-refractivity contribution is -0.160. The van der Waals surface area contributed by atoms with E-state index in [-0.39, 0.29) is 35.7 Å². The van der Waals surface area contributed by atoms with Crippen molar-refractivity contribution in [1.82, 2.24) is 9.80 Å². The van der Waals surface area contributed by atoms with Crippen molar-refractivity contribution in [3.05, 3.63) is 24.1 Å². The van der Waals surface area contributed by atoms with E-state index in [0.717, 1.165) is 38.5 Å². The molecule has 0 aromatic carbocycles. The summed E-state index contributed by atoms with van der Waals surface area (Å²) < 4.78 is 11.2. The van der Waals surface area contributed by atoms with E-state index in [2.05, 4.69) is 20.8 Å². The number of likely N-dealkylation sites (N-methyl/N-ethyl adjacent to an activating group) is 2. The Balaban J connectivity index is 2.78. The van der Waals surface area contributed by atoms with Gasteiger partial charge in [0.05, 0.1) is 7.11 Å². The number of unbranched alkanes of at least 4 members (excludes halogenated alkanes) is 1. The fourth-order valence-electron chi connectivity index (χ4n) is 4.47. The maximum Gasteiger partial charge on any atom is 0.329 e. The van der Waals surface area contributed by atoms with E-state index in [4.69, 9.17) is 9.47 Å². The van der Waals surface area contributed by atoms with E-state index in [1.165, 1.54) is 11.0 Å². The van der Waals surface area contributed by atoms with E-state index in [0.29, 0.717) is 24.5 Å². The van der Waals surface area contributed by atoms with Crippen LogP contribution in [-0.2, 0) is 23.9 Å². The lowest BCUT2D eigenvalue weighted by Crippen LogP contribution is -2.46. The zero-order valence-corrected chi connectivity index (χ0v) is 23.2. The van der Waals surface area contributed by atoms with Gasteiger partial charge in [0.15, 0.2) is 0 Å². The molecule has 4 atom stereocenters. The summed E-state index contributed by atoms with van der Waals surface area (Å²) >= 11 is 0. The second kappa shape index (κ2) is 15.6. The molecule has 7 nitrogen and oxygen atoms in total. The number of esters is 1. The molecule has 0 aromatic rings. The lowest BCUT2D eigenvalue weighted by Gasteiger charge is -2.31. The predicted molar refractivity (Wildman–Crippen MR) is 139 cm³/mol. The Morgan fingerprint density at radius 3 is 2.54 bits per heavy atom. The van der Waals surface area contributed by atoms with Crippen molar-refractivity contribution >= 4 is 17.8 Å². The fourth-order valence-corrected chi connectivity index (χ4v) is 4.47. The van der Waals surface area contributed by atoms with Crippen LogP contribution >= 0.6 is 0 Å². The summed E-state index contributed by atoms with van der Waals surface area (Å²) in [6.45, 7) is 10.2. The Bertz CT molecular complexity index is 740. The third-order valence-electron chi connectivity index (χ3n) is 6.69. The second-order valence-corrected chi connectivity index (χ2v) is 10.4. The number of methoxy groups -OCH3 is 1. The minimum Gasteiger partial charge on any atom is -0.501 e. The van der Waals surface area contributed by atoms with Gasteiger partial charge in [-0.1, -0.05) is 40.7 Å². The van der Waals surface area contributed by atoms with Gasteiger partial charge in [0.25, 0.3) is 5.91 Å². The smallest absolute Gasteiger partial charge is 0.329 e. The molecule has 1 fully saturated rings. The zero-order valence-electron chi connectivity index (χ0n) is 23.2. The van der Waals surface area contributed by atoms with Crippen molar-refractivity contribution < 1.29 is 23.9 Å². The van der Waals surface area contributed by atoms with E-state index in [1.54, 1.807) is 32.3 Å². The van der Waals surface area contributed by atoms with Gasteiger partial charge in [-0.2, -0.15) is 0 Å². The van der Waals surface area contributed by atoms with Crippen LogP contribution in [0.4, 0.5) is 0 Å². The quantitative estimate of drug-likeness (QED) is 0.179. The summed E-state index contributed by atoms with van der Waals surface area (Å²) in [6.07, 6.45) is 11.3. The summed E-state index contributed by atoms with van der Waals surface area (Å²) in [5, 5.41) is 0. The number of carbonyl (C=O) groups excluding carboxylic acids is 3. The average molecular weight is 493 g/mol. The summed E-state index contributed by atoms with van der Waals surface area (Å²) in [6, 6.07) is -0.548. The molecule has 1 aliphatic heterocycles. The molecule has 0 bridgehead atoms. The zero-order chi connectivity index (χ0) is 26.5. The number of rotatable bonds is 10. The molecule has 7 heteroatoms. The summed E-state index contributed by atoms with van der Waals surface area (Å²) in [5.74, 6) is 0.805. The predicted octanol–water partition coefficient (Wildman–Crippen LogP) is 5.31. The molecular weight excluding hydrogens is 444 g/mol. The Hall–Kier alpha value is -2.31. The molecule has 0 aromatic heterocycles. The van der Waals surface area contributed by atoms with Gasteiger partial charge in [0.2, 0.25) is 5.91 Å². The highest BCUT2D eigenvalue weighted by molar-refractivity contribution is 5.88. The molecule has 2 amide bonds. The molecule has 0 spiro atoms. The molecule has 1 saturated heterocycles. The number of amides is 2. The number of cyclic esters (lactones) is 1. The molecule has 0 unspecified atom stereocenters. The van der Waals surface area contributed by atoms with Crippen LogP contribution in [0.15, 0.2) is 24.1 Å². The Kier molecular flexibility index (Phi) is 13.7. The molecule has 0 aliphatic carbocycles. The van der Waals surface area contributed by atoms with Crippen LogP contribution in [0.5, 0.6) is 0 Å². The summed E-state index contributed by atoms with van der Waals surface area (Å²) in [5.41, 5.74) is 0. The highest BCUT2D eigenvalue weighted by Crippen LogP contribution is 2.26. The standard InChI is InChI=1S/C28H48N2O5/c1-9-23(34-8)19-26(31)29(6)16-12-10-11-13-24-15-14-21(4)18-22(5)27(32)30(7)25(17-20(2)3)28(33)35-24/h12,16,19-22,24-25H,9-11,13-15,17-18H2,1-8H3/b16-12-,23-19+/t21-,22+,24-,25-/m0/s1.